The van der Waals surface area contributed by atoms with E-state index in [4.69, 9.17) is 4.74 Å². The molecule has 0 heterocycles. The molecule has 1 aliphatic rings. The molecule has 3 heteroatoms. The number of aryl methyl sites for hydroxylation is 1. The summed E-state index contributed by atoms with van der Waals surface area (Å²) in [6.45, 7) is 1.28. The van der Waals surface area contributed by atoms with Gasteiger partial charge in [0.05, 0.1) is 13.0 Å². The minimum atomic E-state index is -0.0868. The van der Waals surface area contributed by atoms with Crippen molar-refractivity contribution in [2.24, 2.45) is 0 Å². The van der Waals surface area contributed by atoms with E-state index in [9.17, 15) is 4.79 Å². The summed E-state index contributed by atoms with van der Waals surface area (Å²) in [6.07, 6.45) is 4.86. The Morgan fingerprint density at radius 2 is 2.06 bits per heavy atom. The third-order valence-corrected chi connectivity index (χ3v) is 3.06. The van der Waals surface area contributed by atoms with E-state index >= 15 is 0 Å². The van der Waals surface area contributed by atoms with Crippen molar-refractivity contribution in [1.82, 2.24) is 5.32 Å². The molecule has 18 heavy (non-hydrogen) atoms. The Bertz CT molecular complexity index is 360. The van der Waals surface area contributed by atoms with E-state index in [-0.39, 0.29) is 5.97 Å². The number of rotatable bonds is 8. The number of hydrogen-bond acceptors (Lipinski definition) is 3. The molecule has 0 amide bonds. The Balaban J connectivity index is 1.48. The van der Waals surface area contributed by atoms with Crippen LogP contribution in [0.1, 0.15) is 31.2 Å². The van der Waals surface area contributed by atoms with Crippen molar-refractivity contribution >= 4 is 5.97 Å². The Morgan fingerprint density at radius 3 is 2.78 bits per heavy atom. The Kier molecular flexibility index (Phi) is 5.21. The van der Waals surface area contributed by atoms with Crippen LogP contribution in [0.4, 0.5) is 0 Å². The number of carbonyl (C=O) groups excluding carboxylic acids is 1. The molecule has 1 N–H and O–H groups in total. The fraction of sp³-hybridized carbons (Fsp3) is 0.533. The fourth-order valence-electron chi connectivity index (χ4n) is 1.84. The summed E-state index contributed by atoms with van der Waals surface area (Å²) in [4.78, 5) is 11.4. The van der Waals surface area contributed by atoms with E-state index in [0.717, 1.165) is 19.4 Å². The molecule has 1 fully saturated rings. The lowest BCUT2D eigenvalue weighted by Crippen LogP contribution is -2.21. The number of carbonyl (C=O) groups is 1. The summed E-state index contributed by atoms with van der Waals surface area (Å²) in [6, 6.07) is 10.9. The maximum atomic E-state index is 11.4. The van der Waals surface area contributed by atoms with Crippen LogP contribution in [0.2, 0.25) is 0 Å². The van der Waals surface area contributed by atoms with E-state index in [0.29, 0.717) is 19.1 Å². The third-order valence-electron chi connectivity index (χ3n) is 3.06. The molecule has 0 aliphatic heterocycles. The molecule has 0 saturated heterocycles. The molecule has 0 bridgehead atoms. The Hall–Kier alpha value is -1.35. The highest BCUT2D eigenvalue weighted by Gasteiger charge is 2.20. The van der Waals surface area contributed by atoms with Crippen LogP contribution in [0.3, 0.4) is 0 Å². The molecule has 2 rings (SSSR count). The van der Waals surface area contributed by atoms with Gasteiger partial charge < -0.3 is 10.1 Å². The maximum absolute atomic E-state index is 11.4. The van der Waals surface area contributed by atoms with Gasteiger partial charge in [-0.3, -0.25) is 4.79 Å². The van der Waals surface area contributed by atoms with Gasteiger partial charge in [-0.1, -0.05) is 30.3 Å². The topological polar surface area (TPSA) is 38.3 Å². The first-order chi connectivity index (χ1) is 8.84. The molecule has 0 spiro atoms. The standard InChI is InChI=1S/C15H21NO2/c17-15(10-11-16-14-8-9-14)18-12-4-7-13-5-2-1-3-6-13/h1-3,5-6,14,16H,4,7-12H2. The third kappa shape index (κ3) is 5.32. The molecule has 98 valence electrons. The molecule has 0 atom stereocenters. The first-order valence-corrected chi connectivity index (χ1v) is 6.77. The van der Waals surface area contributed by atoms with Crippen molar-refractivity contribution in [1.29, 1.82) is 0 Å². The lowest BCUT2D eigenvalue weighted by atomic mass is 10.1. The Labute approximate surface area is 109 Å². The first kappa shape index (κ1) is 13.1. The molecule has 0 aromatic heterocycles. The summed E-state index contributed by atoms with van der Waals surface area (Å²) in [5, 5.41) is 3.30. The average molecular weight is 247 g/mol. The van der Waals surface area contributed by atoms with Crippen molar-refractivity contribution < 1.29 is 9.53 Å². The summed E-state index contributed by atoms with van der Waals surface area (Å²) < 4.78 is 5.19. The second-order valence-corrected chi connectivity index (χ2v) is 4.79. The normalized spacial score (nSPS) is 14.4. The van der Waals surface area contributed by atoms with Crippen LogP contribution in [0, 0.1) is 0 Å². The van der Waals surface area contributed by atoms with E-state index in [2.05, 4.69) is 17.4 Å². The van der Waals surface area contributed by atoms with E-state index in [1.165, 1.54) is 18.4 Å². The molecule has 0 radical (unpaired) electrons. The van der Waals surface area contributed by atoms with Gasteiger partial charge in [0, 0.05) is 12.6 Å². The largest absolute Gasteiger partial charge is 0.466 e. The molecule has 3 nitrogen and oxygen atoms in total. The van der Waals surface area contributed by atoms with Crippen LogP contribution in [0.5, 0.6) is 0 Å². The number of ether oxygens (including phenoxy) is 1. The monoisotopic (exact) mass is 247 g/mol. The predicted octanol–water partition coefficient (Wildman–Crippen LogP) is 2.30. The number of hydrogen-bond donors (Lipinski definition) is 1. The minimum absolute atomic E-state index is 0.0868. The molecule has 1 saturated carbocycles. The van der Waals surface area contributed by atoms with Crippen LogP contribution in [-0.2, 0) is 16.0 Å². The molecule has 1 aliphatic carbocycles. The van der Waals surface area contributed by atoms with Gasteiger partial charge in [0.15, 0.2) is 0 Å². The second kappa shape index (κ2) is 7.17. The zero-order valence-electron chi connectivity index (χ0n) is 10.7. The summed E-state index contributed by atoms with van der Waals surface area (Å²) >= 11 is 0. The van der Waals surface area contributed by atoms with Gasteiger partial charge in [0.1, 0.15) is 0 Å². The van der Waals surface area contributed by atoms with Crippen LogP contribution in [-0.4, -0.2) is 25.2 Å². The lowest BCUT2D eigenvalue weighted by Gasteiger charge is -2.05. The summed E-state index contributed by atoms with van der Waals surface area (Å²) in [5.74, 6) is -0.0868. The highest BCUT2D eigenvalue weighted by molar-refractivity contribution is 5.69. The minimum Gasteiger partial charge on any atom is -0.466 e. The van der Waals surface area contributed by atoms with Gasteiger partial charge in [-0.2, -0.15) is 0 Å². The molecule has 0 unspecified atom stereocenters. The number of benzene rings is 1. The molecular formula is C15H21NO2. The fourth-order valence-corrected chi connectivity index (χ4v) is 1.84. The highest BCUT2D eigenvalue weighted by atomic mass is 16.5. The van der Waals surface area contributed by atoms with Crippen molar-refractivity contribution in [3.05, 3.63) is 35.9 Å². The van der Waals surface area contributed by atoms with Crippen LogP contribution >= 0.6 is 0 Å². The maximum Gasteiger partial charge on any atom is 0.307 e. The Morgan fingerprint density at radius 1 is 1.28 bits per heavy atom. The van der Waals surface area contributed by atoms with Crippen LogP contribution in [0.25, 0.3) is 0 Å². The van der Waals surface area contributed by atoms with E-state index < -0.39 is 0 Å². The van der Waals surface area contributed by atoms with Gasteiger partial charge in [-0.25, -0.2) is 0 Å². The van der Waals surface area contributed by atoms with Gasteiger partial charge in [-0.15, -0.1) is 0 Å². The first-order valence-electron chi connectivity index (χ1n) is 6.77. The quantitative estimate of drug-likeness (QED) is 0.566. The van der Waals surface area contributed by atoms with Crippen molar-refractivity contribution in [2.45, 2.75) is 38.1 Å². The summed E-state index contributed by atoms with van der Waals surface area (Å²) in [7, 11) is 0. The molecule has 1 aromatic rings. The molecular weight excluding hydrogens is 226 g/mol. The lowest BCUT2D eigenvalue weighted by molar-refractivity contribution is -0.143. The van der Waals surface area contributed by atoms with Gasteiger partial charge in [-0.05, 0) is 31.2 Å². The van der Waals surface area contributed by atoms with Crippen LogP contribution < -0.4 is 5.32 Å². The zero-order chi connectivity index (χ0) is 12.6. The SMILES string of the molecule is O=C(CCNC1CC1)OCCCc1ccccc1. The van der Waals surface area contributed by atoms with Gasteiger partial charge >= 0.3 is 5.97 Å². The van der Waals surface area contributed by atoms with Crippen molar-refractivity contribution in [3.63, 3.8) is 0 Å². The van der Waals surface area contributed by atoms with Crippen molar-refractivity contribution in [2.75, 3.05) is 13.2 Å². The van der Waals surface area contributed by atoms with Gasteiger partial charge in [0.25, 0.3) is 0 Å². The van der Waals surface area contributed by atoms with Crippen molar-refractivity contribution in [3.8, 4) is 0 Å². The molecule has 1 aromatic carbocycles. The number of nitrogens with one attached hydrogen (secondary N) is 1. The predicted molar refractivity (Wildman–Crippen MR) is 71.4 cm³/mol. The zero-order valence-corrected chi connectivity index (χ0v) is 10.7. The second-order valence-electron chi connectivity index (χ2n) is 4.79. The number of esters is 1. The smallest absolute Gasteiger partial charge is 0.307 e. The van der Waals surface area contributed by atoms with E-state index in [1.54, 1.807) is 0 Å². The van der Waals surface area contributed by atoms with Gasteiger partial charge in [0.2, 0.25) is 0 Å². The van der Waals surface area contributed by atoms with Crippen LogP contribution in [0.15, 0.2) is 30.3 Å². The average Bonchev–Trinajstić information content (AvgIpc) is 3.20. The summed E-state index contributed by atoms with van der Waals surface area (Å²) in [5.41, 5.74) is 1.30. The highest BCUT2D eigenvalue weighted by Crippen LogP contribution is 2.18. The van der Waals surface area contributed by atoms with E-state index in [1.807, 2.05) is 18.2 Å².